The number of ether oxygens (including phenoxy) is 1. The first-order valence-corrected chi connectivity index (χ1v) is 7.45. The predicted molar refractivity (Wildman–Crippen MR) is 70.2 cm³/mol. The van der Waals surface area contributed by atoms with Crippen molar-refractivity contribution in [2.45, 2.75) is 31.1 Å². The number of nitrogens with one attached hydrogen (secondary N) is 1. The maximum absolute atomic E-state index is 5.93. The van der Waals surface area contributed by atoms with Gasteiger partial charge >= 0.3 is 0 Å². The quantitative estimate of drug-likeness (QED) is 0.785. The molecule has 94 valence electrons. The summed E-state index contributed by atoms with van der Waals surface area (Å²) in [5, 5.41) is 4.11. The van der Waals surface area contributed by atoms with Crippen LogP contribution in [0.4, 0.5) is 0 Å². The lowest BCUT2D eigenvalue weighted by Crippen LogP contribution is -2.59. The summed E-state index contributed by atoms with van der Waals surface area (Å²) in [6.07, 6.45) is 1.30. The van der Waals surface area contributed by atoms with Crippen molar-refractivity contribution in [2.24, 2.45) is 0 Å². The Morgan fingerprint density at radius 3 is 2.94 bits per heavy atom. The van der Waals surface area contributed by atoms with Gasteiger partial charge in [0, 0.05) is 43.7 Å². The van der Waals surface area contributed by atoms with Crippen LogP contribution in [0.25, 0.3) is 0 Å². The van der Waals surface area contributed by atoms with Crippen LogP contribution < -0.4 is 5.32 Å². The number of hydrogen-bond donors (Lipinski definition) is 1. The molecular formula is C12H24N2OS. The number of hydrogen-bond acceptors (Lipinski definition) is 4. The van der Waals surface area contributed by atoms with Crippen molar-refractivity contribution >= 4 is 11.8 Å². The fourth-order valence-corrected chi connectivity index (χ4v) is 3.48. The van der Waals surface area contributed by atoms with E-state index in [1.807, 2.05) is 0 Å². The zero-order valence-corrected chi connectivity index (χ0v) is 11.3. The molecule has 0 bridgehead atoms. The average molecular weight is 244 g/mol. The van der Waals surface area contributed by atoms with E-state index in [2.05, 4.69) is 35.8 Å². The van der Waals surface area contributed by atoms with Gasteiger partial charge in [0.2, 0.25) is 0 Å². The minimum atomic E-state index is 0.120. The van der Waals surface area contributed by atoms with Gasteiger partial charge < -0.3 is 10.1 Å². The number of thioether (sulfide) groups is 1. The van der Waals surface area contributed by atoms with E-state index in [4.69, 9.17) is 4.74 Å². The lowest BCUT2D eigenvalue weighted by molar-refractivity contribution is -0.0719. The first-order valence-electron chi connectivity index (χ1n) is 6.40. The normalized spacial score (nSPS) is 30.0. The van der Waals surface area contributed by atoms with Crippen LogP contribution in [-0.4, -0.2) is 60.8 Å². The molecule has 0 saturated carbocycles. The average Bonchev–Trinajstić information content (AvgIpc) is 2.27. The summed E-state index contributed by atoms with van der Waals surface area (Å²) in [6, 6.07) is 0. The van der Waals surface area contributed by atoms with Crippen LogP contribution in [0.15, 0.2) is 0 Å². The Bertz CT molecular complexity index is 221. The SMILES string of the molecule is CCC1CN(CCOC2(C)CNC2)CCS1. The summed E-state index contributed by atoms with van der Waals surface area (Å²) in [6.45, 7) is 11.0. The standard InChI is InChI=1S/C12H24N2OS/c1-3-11-8-14(5-7-16-11)4-6-15-12(2)9-13-10-12/h11,13H,3-10H2,1-2H3. The van der Waals surface area contributed by atoms with Crippen molar-refractivity contribution in [3.8, 4) is 0 Å². The monoisotopic (exact) mass is 244 g/mol. The Labute approximate surface area is 103 Å². The first kappa shape index (κ1) is 12.7. The van der Waals surface area contributed by atoms with Crippen LogP contribution in [0.5, 0.6) is 0 Å². The van der Waals surface area contributed by atoms with E-state index in [0.29, 0.717) is 0 Å². The van der Waals surface area contributed by atoms with Crippen molar-refractivity contribution < 1.29 is 4.74 Å². The molecule has 1 N–H and O–H groups in total. The molecule has 0 aromatic rings. The van der Waals surface area contributed by atoms with Gasteiger partial charge in [-0.05, 0) is 13.3 Å². The van der Waals surface area contributed by atoms with E-state index in [9.17, 15) is 0 Å². The largest absolute Gasteiger partial charge is 0.371 e. The van der Waals surface area contributed by atoms with Gasteiger partial charge in [-0.2, -0.15) is 11.8 Å². The third kappa shape index (κ3) is 3.36. The molecule has 0 aromatic carbocycles. The van der Waals surface area contributed by atoms with Gasteiger partial charge in [0.15, 0.2) is 0 Å². The molecule has 2 heterocycles. The molecule has 2 rings (SSSR count). The molecule has 16 heavy (non-hydrogen) atoms. The summed E-state index contributed by atoms with van der Waals surface area (Å²) in [4.78, 5) is 2.56. The van der Waals surface area contributed by atoms with E-state index in [0.717, 1.165) is 31.5 Å². The van der Waals surface area contributed by atoms with Crippen LogP contribution in [0.2, 0.25) is 0 Å². The fraction of sp³-hybridized carbons (Fsp3) is 1.00. The molecule has 0 aliphatic carbocycles. The van der Waals surface area contributed by atoms with Gasteiger partial charge in [0.05, 0.1) is 12.2 Å². The Kier molecular flexibility index (Phi) is 4.53. The highest BCUT2D eigenvalue weighted by Crippen LogP contribution is 2.21. The molecule has 0 spiro atoms. The van der Waals surface area contributed by atoms with Crippen molar-refractivity contribution in [1.82, 2.24) is 10.2 Å². The summed E-state index contributed by atoms with van der Waals surface area (Å²) in [5.41, 5.74) is 0.120. The Hall–Kier alpha value is 0.230. The molecule has 2 aliphatic rings. The second kappa shape index (κ2) is 5.71. The molecular weight excluding hydrogens is 220 g/mol. The van der Waals surface area contributed by atoms with E-state index in [-0.39, 0.29) is 5.60 Å². The smallest absolute Gasteiger partial charge is 0.0902 e. The van der Waals surface area contributed by atoms with Crippen LogP contribution in [-0.2, 0) is 4.74 Å². The molecule has 4 heteroatoms. The minimum Gasteiger partial charge on any atom is -0.371 e. The highest BCUT2D eigenvalue weighted by molar-refractivity contribution is 8.00. The second-order valence-electron chi connectivity index (χ2n) is 5.10. The van der Waals surface area contributed by atoms with E-state index in [1.165, 1.54) is 25.3 Å². The van der Waals surface area contributed by atoms with Crippen molar-refractivity contribution in [3.05, 3.63) is 0 Å². The molecule has 0 radical (unpaired) electrons. The van der Waals surface area contributed by atoms with Crippen LogP contribution >= 0.6 is 11.8 Å². The molecule has 2 aliphatic heterocycles. The highest BCUT2D eigenvalue weighted by Gasteiger charge is 2.32. The molecule has 2 fully saturated rings. The molecule has 0 amide bonds. The van der Waals surface area contributed by atoms with E-state index < -0.39 is 0 Å². The zero-order chi connectivity index (χ0) is 11.4. The third-order valence-electron chi connectivity index (χ3n) is 3.53. The summed E-state index contributed by atoms with van der Waals surface area (Å²) in [7, 11) is 0. The van der Waals surface area contributed by atoms with E-state index in [1.54, 1.807) is 0 Å². The molecule has 1 atom stereocenters. The van der Waals surface area contributed by atoms with Gasteiger partial charge in [0.1, 0.15) is 0 Å². The summed E-state index contributed by atoms with van der Waals surface area (Å²) in [5.74, 6) is 1.29. The molecule has 1 unspecified atom stereocenters. The molecule has 0 aromatic heterocycles. The van der Waals surface area contributed by atoms with Gasteiger partial charge in [-0.1, -0.05) is 6.92 Å². The maximum Gasteiger partial charge on any atom is 0.0902 e. The molecule has 3 nitrogen and oxygen atoms in total. The third-order valence-corrected chi connectivity index (χ3v) is 4.91. The number of rotatable bonds is 5. The van der Waals surface area contributed by atoms with Gasteiger partial charge in [-0.15, -0.1) is 0 Å². The van der Waals surface area contributed by atoms with Crippen molar-refractivity contribution in [3.63, 3.8) is 0 Å². The Balaban J connectivity index is 1.61. The van der Waals surface area contributed by atoms with Crippen LogP contribution in [0.3, 0.4) is 0 Å². The fourth-order valence-electron chi connectivity index (χ4n) is 2.23. The second-order valence-corrected chi connectivity index (χ2v) is 6.51. The first-order chi connectivity index (χ1) is 7.72. The van der Waals surface area contributed by atoms with Crippen molar-refractivity contribution in [2.75, 3.05) is 45.1 Å². The van der Waals surface area contributed by atoms with Crippen molar-refractivity contribution in [1.29, 1.82) is 0 Å². The summed E-state index contributed by atoms with van der Waals surface area (Å²) >= 11 is 2.13. The Morgan fingerprint density at radius 1 is 1.50 bits per heavy atom. The topological polar surface area (TPSA) is 24.5 Å². The highest BCUT2D eigenvalue weighted by atomic mass is 32.2. The zero-order valence-electron chi connectivity index (χ0n) is 10.5. The lowest BCUT2D eigenvalue weighted by Gasteiger charge is -2.40. The minimum absolute atomic E-state index is 0.120. The summed E-state index contributed by atoms with van der Waals surface area (Å²) < 4.78 is 5.93. The molecule has 2 saturated heterocycles. The Morgan fingerprint density at radius 2 is 2.31 bits per heavy atom. The van der Waals surface area contributed by atoms with Crippen LogP contribution in [0.1, 0.15) is 20.3 Å². The van der Waals surface area contributed by atoms with Gasteiger partial charge in [0.25, 0.3) is 0 Å². The van der Waals surface area contributed by atoms with Gasteiger partial charge in [-0.3, -0.25) is 4.90 Å². The maximum atomic E-state index is 5.93. The predicted octanol–water partition coefficient (Wildman–Crippen LogP) is 1.19. The lowest BCUT2D eigenvalue weighted by atomic mass is 10.0. The van der Waals surface area contributed by atoms with Gasteiger partial charge in [-0.25, -0.2) is 0 Å². The number of nitrogens with zero attached hydrogens (tertiary/aromatic N) is 1. The van der Waals surface area contributed by atoms with E-state index >= 15 is 0 Å². The van der Waals surface area contributed by atoms with Crippen LogP contribution in [0, 0.1) is 0 Å².